The van der Waals surface area contributed by atoms with Crippen LogP contribution in [0.2, 0.25) is 0 Å². The zero-order chi connectivity index (χ0) is 12.6. The fraction of sp³-hybridized carbons (Fsp3) is 0.667. The Bertz CT molecular complexity index is 492. The predicted molar refractivity (Wildman–Crippen MR) is 50.9 cm³/mol. The summed E-state index contributed by atoms with van der Waals surface area (Å²) in [5, 5.41) is 3.27. The molecule has 1 fully saturated rings. The molecule has 1 saturated carbocycles. The molecule has 3 rings (SSSR count). The number of aromatic nitrogens is 2. The second-order valence-electron chi connectivity index (χ2n) is 4.23. The van der Waals surface area contributed by atoms with Gasteiger partial charge in [-0.25, -0.2) is 12.9 Å². The van der Waals surface area contributed by atoms with Crippen LogP contribution < -0.4 is 0 Å². The molecular formula is C9H7F5N2S. The van der Waals surface area contributed by atoms with E-state index in [1.54, 1.807) is 0 Å². The zero-order valence-electron chi connectivity index (χ0n) is 8.55. The SMILES string of the molecule is CSn1nc(C(F)(F)F)c2c1C1CC1C2(F)F. The maximum absolute atomic E-state index is 13.8. The molecular weight excluding hydrogens is 263 g/mol. The third-order valence-electron chi connectivity index (χ3n) is 3.27. The number of hydrogen-bond acceptors (Lipinski definition) is 2. The lowest BCUT2D eigenvalue weighted by molar-refractivity contribution is -0.146. The van der Waals surface area contributed by atoms with Crippen molar-refractivity contribution in [1.29, 1.82) is 0 Å². The van der Waals surface area contributed by atoms with Crippen molar-refractivity contribution >= 4 is 11.9 Å². The number of nitrogens with zero attached hydrogens (tertiary/aromatic N) is 2. The molecule has 2 aliphatic rings. The van der Waals surface area contributed by atoms with E-state index in [0.717, 1.165) is 16.0 Å². The quantitative estimate of drug-likeness (QED) is 0.729. The van der Waals surface area contributed by atoms with E-state index < -0.39 is 35.2 Å². The number of rotatable bonds is 1. The second kappa shape index (κ2) is 2.96. The van der Waals surface area contributed by atoms with Gasteiger partial charge in [-0.15, -0.1) is 0 Å². The molecule has 0 aliphatic heterocycles. The second-order valence-corrected chi connectivity index (χ2v) is 4.94. The molecule has 2 aliphatic carbocycles. The molecule has 0 radical (unpaired) electrons. The summed E-state index contributed by atoms with van der Waals surface area (Å²) in [6, 6.07) is 0. The molecule has 0 bridgehead atoms. The zero-order valence-corrected chi connectivity index (χ0v) is 9.37. The van der Waals surface area contributed by atoms with Gasteiger partial charge in [-0.1, -0.05) is 0 Å². The topological polar surface area (TPSA) is 17.8 Å². The molecule has 8 heteroatoms. The van der Waals surface area contributed by atoms with Crippen LogP contribution in [0.4, 0.5) is 22.0 Å². The summed E-state index contributed by atoms with van der Waals surface area (Å²) >= 11 is 0.914. The average molecular weight is 270 g/mol. The van der Waals surface area contributed by atoms with Crippen LogP contribution in [0.5, 0.6) is 0 Å². The summed E-state index contributed by atoms with van der Waals surface area (Å²) < 4.78 is 66.5. The van der Waals surface area contributed by atoms with Gasteiger partial charge in [0, 0.05) is 18.1 Å². The van der Waals surface area contributed by atoms with Crippen LogP contribution in [-0.4, -0.2) is 15.4 Å². The van der Waals surface area contributed by atoms with Gasteiger partial charge in [0.1, 0.15) is 0 Å². The number of halogens is 5. The van der Waals surface area contributed by atoms with Gasteiger partial charge in [0.25, 0.3) is 5.92 Å². The molecule has 2 atom stereocenters. The highest BCUT2D eigenvalue weighted by atomic mass is 32.2. The van der Waals surface area contributed by atoms with Crippen molar-refractivity contribution in [2.45, 2.75) is 24.4 Å². The van der Waals surface area contributed by atoms with Gasteiger partial charge < -0.3 is 0 Å². The standard InChI is InChI=1S/C9H7F5N2S/c1-17-16-6-3-2-4(3)8(10,11)5(6)7(15-16)9(12,13)14/h3-4H,2H2,1H3. The monoisotopic (exact) mass is 270 g/mol. The maximum atomic E-state index is 13.8. The van der Waals surface area contributed by atoms with Gasteiger partial charge in [0.05, 0.1) is 11.3 Å². The fourth-order valence-electron chi connectivity index (χ4n) is 2.49. The number of fused-ring (bicyclic) bond motifs is 3. The van der Waals surface area contributed by atoms with Gasteiger partial charge in [-0.3, -0.25) is 0 Å². The smallest absolute Gasteiger partial charge is 0.210 e. The van der Waals surface area contributed by atoms with Crippen molar-refractivity contribution < 1.29 is 22.0 Å². The van der Waals surface area contributed by atoms with Crippen molar-refractivity contribution in [3.63, 3.8) is 0 Å². The third kappa shape index (κ3) is 1.30. The fourth-order valence-corrected chi connectivity index (χ4v) is 3.08. The van der Waals surface area contributed by atoms with Crippen molar-refractivity contribution in [2.75, 3.05) is 6.26 Å². The van der Waals surface area contributed by atoms with Crippen LogP contribution in [-0.2, 0) is 12.1 Å². The minimum Gasteiger partial charge on any atom is -0.210 e. The van der Waals surface area contributed by atoms with Crippen molar-refractivity contribution in [3.8, 4) is 0 Å². The molecule has 0 N–H and O–H groups in total. The third-order valence-corrected chi connectivity index (χ3v) is 3.90. The predicted octanol–water partition coefficient (Wildman–Crippen LogP) is 3.24. The lowest BCUT2D eigenvalue weighted by Gasteiger charge is -2.14. The molecule has 0 saturated heterocycles. The molecule has 0 aromatic carbocycles. The van der Waals surface area contributed by atoms with Crippen molar-refractivity contribution in [2.24, 2.45) is 5.92 Å². The number of hydrogen-bond donors (Lipinski definition) is 0. The summed E-state index contributed by atoms with van der Waals surface area (Å²) in [5.41, 5.74) is -2.28. The van der Waals surface area contributed by atoms with E-state index in [1.165, 1.54) is 6.26 Å². The van der Waals surface area contributed by atoms with Gasteiger partial charge in [0.15, 0.2) is 5.69 Å². The molecule has 94 valence electrons. The number of alkyl halides is 5. The summed E-state index contributed by atoms with van der Waals surface area (Å²) in [5.74, 6) is -4.82. The lowest BCUT2D eigenvalue weighted by Crippen LogP contribution is -2.19. The minimum absolute atomic E-state index is 0.0554. The Kier molecular flexibility index (Phi) is 1.97. The van der Waals surface area contributed by atoms with E-state index in [0.29, 0.717) is 0 Å². The van der Waals surface area contributed by atoms with Crippen LogP contribution in [0, 0.1) is 5.92 Å². The van der Waals surface area contributed by atoms with Crippen LogP contribution >= 0.6 is 11.9 Å². The first-order valence-electron chi connectivity index (χ1n) is 4.91. The van der Waals surface area contributed by atoms with Gasteiger partial charge in [0.2, 0.25) is 0 Å². The van der Waals surface area contributed by atoms with E-state index in [2.05, 4.69) is 5.10 Å². The van der Waals surface area contributed by atoms with E-state index in [4.69, 9.17) is 0 Å². The molecule has 2 nitrogen and oxygen atoms in total. The molecule has 17 heavy (non-hydrogen) atoms. The Morgan fingerprint density at radius 3 is 2.59 bits per heavy atom. The summed E-state index contributed by atoms with van der Waals surface area (Å²) in [7, 11) is 0. The first kappa shape index (κ1) is 11.3. The molecule has 0 amide bonds. The minimum atomic E-state index is -4.83. The van der Waals surface area contributed by atoms with Crippen LogP contribution in [0.1, 0.15) is 29.3 Å². The average Bonchev–Trinajstić information content (AvgIpc) is 2.83. The Hall–Kier alpha value is -0.790. The van der Waals surface area contributed by atoms with Gasteiger partial charge in [-0.2, -0.15) is 18.3 Å². The molecule has 1 aromatic rings. The van der Waals surface area contributed by atoms with Crippen LogP contribution in [0.3, 0.4) is 0 Å². The normalized spacial score (nSPS) is 29.1. The van der Waals surface area contributed by atoms with Crippen molar-refractivity contribution in [3.05, 3.63) is 17.0 Å². The van der Waals surface area contributed by atoms with Crippen molar-refractivity contribution in [1.82, 2.24) is 9.19 Å². The highest BCUT2D eigenvalue weighted by Crippen LogP contribution is 2.68. The van der Waals surface area contributed by atoms with E-state index in [-0.39, 0.29) is 12.1 Å². The Morgan fingerprint density at radius 2 is 2.06 bits per heavy atom. The Balaban J connectivity index is 2.25. The molecule has 1 heterocycles. The van der Waals surface area contributed by atoms with E-state index in [9.17, 15) is 22.0 Å². The first-order chi connectivity index (χ1) is 7.78. The van der Waals surface area contributed by atoms with Crippen LogP contribution in [0.25, 0.3) is 0 Å². The Morgan fingerprint density at radius 1 is 1.41 bits per heavy atom. The van der Waals surface area contributed by atoms with E-state index >= 15 is 0 Å². The molecule has 0 spiro atoms. The van der Waals surface area contributed by atoms with E-state index in [1.807, 2.05) is 0 Å². The molecule has 2 unspecified atom stereocenters. The highest BCUT2D eigenvalue weighted by molar-refractivity contribution is 7.97. The molecule has 1 aromatic heterocycles. The van der Waals surface area contributed by atoms with Gasteiger partial charge in [-0.05, 0) is 18.4 Å². The van der Waals surface area contributed by atoms with Crippen LogP contribution in [0.15, 0.2) is 0 Å². The summed E-state index contributed by atoms with van der Waals surface area (Å²) in [6.45, 7) is 0. The highest BCUT2D eigenvalue weighted by Gasteiger charge is 2.68. The maximum Gasteiger partial charge on any atom is 0.435 e. The first-order valence-corrected chi connectivity index (χ1v) is 6.09. The largest absolute Gasteiger partial charge is 0.435 e. The van der Waals surface area contributed by atoms with Gasteiger partial charge >= 0.3 is 6.18 Å². The summed E-state index contributed by atoms with van der Waals surface area (Å²) in [4.78, 5) is 0. The lowest BCUT2D eigenvalue weighted by atomic mass is 10.1. The Labute approximate surface area is 97.3 Å². The summed E-state index contributed by atoms with van der Waals surface area (Å²) in [6.07, 6.45) is -3.06.